The number of aryl methyl sites for hydroxylation is 1. The smallest absolute Gasteiger partial charge is 0.461 e. The van der Waals surface area contributed by atoms with Gasteiger partial charge in [0, 0.05) is 24.2 Å². The van der Waals surface area contributed by atoms with Crippen LogP contribution >= 0.6 is 11.8 Å². The van der Waals surface area contributed by atoms with E-state index >= 15 is 0 Å². The minimum atomic E-state index is -4.79. The number of anilines is 1. The van der Waals surface area contributed by atoms with Crippen molar-refractivity contribution in [3.05, 3.63) is 126 Å². The first kappa shape index (κ1) is 41.7. The summed E-state index contributed by atoms with van der Waals surface area (Å²) in [7, 11) is 0. The first-order chi connectivity index (χ1) is 27.7. The Kier molecular flexibility index (Phi) is 13.3. The quantitative estimate of drug-likeness (QED) is 0.0695. The number of aliphatic imine (C=N–C) groups is 2. The summed E-state index contributed by atoms with van der Waals surface area (Å²) < 4.78 is 55.1. The van der Waals surface area contributed by atoms with Gasteiger partial charge in [0.25, 0.3) is 0 Å². The standard InChI is InChI=1S/C43H43F3N6O5S/c1-27(2)35-20-11-29(5)23-37(35)52-38(53)21-22-58-42(52)49-41(56-28(3)4)48-36(40(54)55-25-31-9-7-6-8-10-31)24-30-12-14-32(15-13-30)39-47-26-51(50-39)33-16-18-34(19-17-33)57-43(44,45)46/h6-20,23,26-28,36H,21-22,24-25H2,1-5H3/b48-41-,49-42-. The van der Waals surface area contributed by atoms with Crippen LogP contribution in [0, 0.1) is 6.92 Å². The highest BCUT2D eigenvalue weighted by Crippen LogP contribution is 2.34. The van der Waals surface area contributed by atoms with Gasteiger partial charge in [-0.2, -0.15) is 4.99 Å². The maximum Gasteiger partial charge on any atom is 0.573 e. The first-order valence-corrected chi connectivity index (χ1v) is 19.7. The normalized spacial score (nSPS) is 14.9. The number of esters is 1. The van der Waals surface area contributed by atoms with Gasteiger partial charge in [-0.05, 0) is 79.3 Å². The number of nitrogens with zero attached hydrogens (tertiary/aromatic N) is 6. The Bertz CT molecular complexity index is 2260. The Morgan fingerprint density at radius 2 is 1.66 bits per heavy atom. The predicted octanol–water partition coefficient (Wildman–Crippen LogP) is 9.23. The number of thioether (sulfide) groups is 1. The number of alkyl halides is 3. The Balaban J connectivity index is 1.29. The molecule has 15 heteroatoms. The van der Waals surface area contributed by atoms with Crippen LogP contribution in [0.2, 0.25) is 0 Å². The largest absolute Gasteiger partial charge is 0.573 e. The van der Waals surface area contributed by atoms with E-state index in [-0.39, 0.29) is 42.7 Å². The first-order valence-electron chi connectivity index (χ1n) is 18.7. The highest BCUT2D eigenvalue weighted by molar-refractivity contribution is 8.14. The number of ether oxygens (including phenoxy) is 3. The van der Waals surface area contributed by atoms with Crippen LogP contribution in [-0.2, 0) is 32.1 Å². The van der Waals surface area contributed by atoms with Crippen molar-refractivity contribution < 1.29 is 37.0 Å². The van der Waals surface area contributed by atoms with E-state index in [4.69, 9.17) is 19.5 Å². The summed E-state index contributed by atoms with van der Waals surface area (Å²) in [6.45, 7) is 9.83. The van der Waals surface area contributed by atoms with Gasteiger partial charge in [0.15, 0.2) is 17.0 Å². The van der Waals surface area contributed by atoms with Crippen LogP contribution in [0.1, 0.15) is 62.3 Å². The van der Waals surface area contributed by atoms with E-state index in [0.29, 0.717) is 34.4 Å². The third-order valence-corrected chi connectivity index (χ3v) is 9.74. The third kappa shape index (κ3) is 11.1. The molecule has 0 saturated carbocycles. The molecule has 1 aromatic heterocycles. The second-order valence-electron chi connectivity index (χ2n) is 14.1. The van der Waals surface area contributed by atoms with Gasteiger partial charge < -0.3 is 14.2 Å². The average molecular weight is 813 g/mol. The molecule has 1 fully saturated rings. The average Bonchev–Trinajstić information content (AvgIpc) is 3.67. The summed E-state index contributed by atoms with van der Waals surface area (Å²) in [4.78, 5) is 43.0. The van der Waals surface area contributed by atoms with Crippen molar-refractivity contribution in [1.82, 2.24) is 14.8 Å². The molecule has 0 radical (unpaired) electrons. The van der Waals surface area contributed by atoms with Gasteiger partial charge in [-0.15, -0.1) is 18.3 Å². The maximum atomic E-state index is 13.9. The molecule has 1 saturated heterocycles. The molecule has 1 aliphatic heterocycles. The number of hydrogen-bond acceptors (Lipinski definition) is 9. The monoisotopic (exact) mass is 812 g/mol. The topological polar surface area (TPSA) is 120 Å². The lowest BCUT2D eigenvalue weighted by Crippen LogP contribution is -2.40. The number of hydrogen-bond donors (Lipinski definition) is 0. The molecule has 11 nitrogen and oxygen atoms in total. The molecule has 4 aromatic carbocycles. The van der Waals surface area contributed by atoms with E-state index in [9.17, 15) is 22.8 Å². The highest BCUT2D eigenvalue weighted by atomic mass is 32.2. The fourth-order valence-electron chi connectivity index (χ4n) is 6.02. The molecule has 0 spiro atoms. The van der Waals surface area contributed by atoms with Crippen LogP contribution in [0.4, 0.5) is 18.9 Å². The molecule has 0 aliphatic carbocycles. The Hall–Kier alpha value is -5.96. The van der Waals surface area contributed by atoms with Crippen LogP contribution < -0.4 is 9.64 Å². The highest BCUT2D eigenvalue weighted by Gasteiger charge is 2.32. The van der Waals surface area contributed by atoms with Crippen LogP contribution in [0.3, 0.4) is 0 Å². The fraction of sp³-hybridized carbons (Fsp3) is 0.302. The second-order valence-corrected chi connectivity index (χ2v) is 15.1. The molecule has 1 aliphatic rings. The Morgan fingerprint density at radius 1 is 0.931 bits per heavy atom. The third-order valence-electron chi connectivity index (χ3n) is 8.80. The maximum absolute atomic E-state index is 13.9. The summed E-state index contributed by atoms with van der Waals surface area (Å²) >= 11 is 1.42. The van der Waals surface area contributed by atoms with Gasteiger partial charge in [-0.3, -0.25) is 9.69 Å². The molecule has 1 atom stereocenters. The molecular weight excluding hydrogens is 770 g/mol. The molecule has 302 valence electrons. The molecule has 0 N–H and O–H groups in total. The van der Waals surface area contributed by atoms with Gasteiger partial charge in [-0.1, -0.05) is 92.3 Å². The van der Waals surface area contributed by atoms with Gasteiger partial charge in [-0.25, -0.2) is 19.5 Å². The van der Waals surface area contributed by atoms with Crippen LogP contribution in [-0.4, -0.2) is 62.1 Å². The number of rotatable bonds is 12. The van der Waals surface area contributed by atoms with E-state index in [0.717, 1.165) is 27.9 Å². The van der Waals surface area contributed by atoms with Gasteiger partial charge in [0.1, 0.15) is 18.7 Å². The number of aromatic nitrogens is 3. The van der Waals surface area contributed by atoms with Crippen molar-refractivity contribution in [3.63, 3.8) is 0 Å². The van der Waals surface area contributed by atoms with Crippen LogP contribution in [0.15, 0.2) is 113 Å². The van der Waals surface area contributed by atoms with E-state index in [1.807, 2.05) is 81.4 Å². The molecular formula is C43H43F3N6O5S. The number of amides is 1. The molecule has 1 amide bonds. The van der Waals surface area contributed by atoms with Crippen molar-refractivity contribution in [2.24, 2.45) is 9.98 Å². The van der Waals surface area contributed by atoms with Crippen LogP contribution in [0.25, 0.3) is 17.1 Å². The number of carbonyl (C=O) groups is 2. The molecule has 5 aromatic rings. The van der Waals surface area contributed by atoms with Gasteiger partial charge in [0.05, 0.1) is 17.5 Å². The zero-order valence-electron chi connectivity index (χ0n) is 32.6. The van der Waals surface area contributed by atoms with Crippen molar-refractivity contribution in [2.45, 2.75) is 78.5 Å². The lowest BCUT2D eigenvalue weighted by atomic mass is 9.98. The number of benzene rings is 4. The lowest BCUT2D eigenvalue weighted by Gasteiger charge is -2.30. The van der Waals surface area contributed by atoms with E-state index in [1.54, 1.807) is 17.0 Å². The minimum absolute atomic E-state index is 0.0371. The van der Waals surface area contributed by atoms with Crippen molar-refractivity contribution in [1.29, 1.82) is 0 Å². The van der Waals surface area contributed by atoms with Crippen molar-refractivity contribution in [2.75, 3.05) is 10.7 Å². The van der Waals surface area contributed by atoms with E-state index in [2.05, 4.69) is 28.7 Å². The van der Waals surface area contributed by atoms with E-state index in [1.165, 1.54) is 47.0 Å². The number of halogens is 3. The fourth-order valence-corrected chi connectivity index (χ4v) is 6.95. The van der Waals surface area contributed by atoms with Crippen molar-refractivity contribution in [3.8, 4) is 22.8 Å². The molecule has 2 heterocycles. The van der Waals surface area contributed by atoms with E-state index < -0.39 is 18.4 Å². The lowest BCUT2D eigenvalue weighted by molar-refractivity contribution is -0.274. The van der Waals surface area contributed by atoms with Crippen LogP contribution in [0.5, 0.6) is 5.75 Å². The molecule has 1 unspecified atom stereocenters. The SMILES string of the molecule is Cc1ccc(C(C)C)c(N2C(=O)CCS/C2=N\C(=N\C(Cc2ccc(-c3ncn(-c4ccc(OC(F)(F)F)cc4)n3)cc2)C(=O)OCc2ccccc2)OC(C)C)c1. The molecule has 0 bridgehead atoms. The summed E-state index contributed by atoms with van der Waals surface area (Å²) in [6.07, 6.45) is -3.23. The Labute approximate surface area is 339 Å². The second kappa shape index (κ2) is 18.5. The molecule has 58 heavy (non-hydrogen) atoms. The number of carbonyl (C=O) groups excluding carboxylic acids is 2. The number of amidine groups is 2. The Morgan fingerprint density at radius 3 is 2.33 bits per heavy atom. The predicted molar refractivity (Wildman–Crippen MR) is 218 cm³/mol. The zero-order chi connectivity index (χ0) is 41.4. The molecule has 6 rings (SSSR count). The van der Waals surface area contributed by atoms with Gasteiger partial charge in [0.2, 0.25) is 5.91 Å². The van der Waals surface area contributed by atoms with Crippen molar-refractivity contribution >= 4 is 40.5 Å². The minimum Gasteiger partial charge on any atom is -0.461 e. The van der Waals surface area contributed by atoms with Gasteiger partial charge >= 0.3 is 18.4 Å². The summed E-state index contributed by atoms with van der Waals surface area (Å²) in [5.74, 6) is 0.00984. The summed E-state index contributed by atoms with van der Waals surface area (Å²) in [6, 6.07) is 26.8. The zero-order valence-corrected chi connectivity index (χ0v) is 33.5. The summed E-state index contributed by atoms with van der Waals surface area (Å²) in [5.41, 5.74) is 5.46. The summed E-state index contributed by atoms with van der Waals surface area (Å²) in [5, 5.41) is 4.89.